The van der Waals surface area contributed by atoms with Gasteiger partial charge in [-0.15, -0.1) is 22.8 Å². The molecule has 2 amide bonds. The van der Waals surface area contributed by atoms with Gasteiger partial charge in [0.05, 0.1) is 6.54 Å². The number of carbonyl (C=O) groups excluding carboxylic acids is 1. The standard InChI is InChI=1S/C6H8N4O2S2/c1-9-2-3(11)10(6(9)12)4-7-8-5(13)14-4/h3,11H,2H2,1H3,(H,8,13). The predicted octanol–water partition coefficient (Wildman–Crippen LogP) is 0.0170. The summed E-state index contributed by atoms with van der Waals surface area (Å²) in [6.07, 6.45) is -0.854. The highest BCUT2D eigenvalue weighted by atomic mass is 32.2. The lowest BCUT2D eigenvalue weighted by molar-refractivity contribution is 0.183. The molecule has 0 radical (unpaired) electrons. The Kier molecular flexibility index (Phi) is 2.33. The molecule has 1 aromatic heterocycles. The van der Waals surface area contributed by atoms with Gasteiger partial charge in [0.15, 0.2) is 10.6 Å². The van der Waals surface area contributed by atoms with Gasteiger partial charge in [0.2, 0.25) is 5.13 Å². The molecule has 1 aliphatic heterocycles. The summed E-state index contributed by atoms with van der Waals surface area (Å²) in [4.78, 5) is 14.2. The number of urea groups is 1. The Hall–Kier alpha value is -0.860. The van der Waals surface area contributed by atoms with Crippen LogP contribution in [0, 0.1) is 0 Å². The summed E-state index contributed by atoms with van der Waals surface area (Å²) in [6.45, 7) is 0.278. The van der Waals surface area contributed by atoms with Gasteiger partial charge in [0, 0.05) is 7.05 Å². The number of β-amino-alcohol motifs (C(OH)–C–C–N with tert-alkyl or cyclic N) is 1. The van der Waals surface area contributed by atoms with Crippen LogP contribution in [-0.4, -0.2) is 46.1 Å². The zero-order valence-electron chi connectivity index (χ0n) is 7.28. The summed E-state index contributed by atoms with van der Waals surface area (Å²) in [5, 5.41) is 17.3. The monoisotopic (exact) mass is 232 g/mol. The molecule has 2 rings (SSSR count). The zero-order chi connectivity index (χ0) is 10.3. The minimum absolute atomic E-state index is 0.276. The first-order chi connectivity index (χ1) is 6.59. The van der Waals surface area contributed by atoms with E-state index in [4.69, 9.17) is 0 Å². The van der Waals surface area contributed by atoms with Crippen LogP contribution in [0.3, 0.4) is 0 Å². The van der Waals surface area contributed by atoms with Crippen LogP contribution in [0.2, 0.25) is 0 Å². The Morgan fingerprint density at radius 2 is 2.36 bits per heavy atom. The zero-order valence-corrected chi connectivity index (χ0v) is 9.00. The number of aliphatic hydroxyl groups is 1. The van der Waals surface area contributed by atoms with Crippen molar-refractivity contribution in [1.82, 2.24) is 15.1 Å². The van der Waals surface area contributed by atoms with Crippen molar-refractivity contribution in [1.29, 1.82) is 0 Å². The molecular weight excluding hydrogens is 224 g/mol. The van der Waals surface area contributed by atoms with Crippen molar-refractivity contribution in [3.63, 3.8) is 0 Å². The quantitative estimate of drug-likeness (QED) is 0.529. The van der Waals surface area contributed by atoms with Crippen molar-refractivity contribution in [2.75, 3.05) is 18.5 Å². The molecule has 14 heavy (non-hydrogen) atoms. The maximum Gasteiger partial charge on any atom is 0.328 e. The molecule has 0 bridgehead atoms. The number of amides is 2. The third kappa shape index (κ3) is 1.45. The molecule has 2 heterocycles. The summed E-state index contributed by atoms with van der Waals surface area (Å²) >= 11 is 5.15. The Balaban J connectivity index is 2.30. The second kappa shape index (κ2) is 3.37. The van der Waals surface area contributed by atoms with Gasteiger partial charge in [-0.2, -0.15) is 0 Å². The van der Waals surface area contributed by atoms with Gasteiger partial charge in [0.1, 0.15) is 0 Å². The number of thiol groups is 1. The van der Waals surface area contributed by atoms with Crippen LogP contribution < -0.4 is 4.90 Å². The minimum atomic E-state index is -0.854. The SMILES string of the molecule is CN1CC(O)N(c2nnc(S)s2)C1=O. The van der Waals surface area contributed by atoms with E-state index in [1.807, 2.05) is 0 Å². The van der Waals surface area contributed by atoms with Gasteiger partial charge in [-0.05, 0) is 0 Å². The molecule has 76 valence electrons. The highest BCUT2D eigenvalue weighted by Crippen LogP contribution is 2.27. The van der Waals surface area contributed by atoms with Crippen LogP contribution in [0.5, 0.6) is 0 Å². The Labute approximate surface area is 89.6 Å². The molecule has 0 saturated carbocycles. The molecule has 1 fully saturated rings. The topological polar surface area (TPSA) is 69.6 Å². The maximum absolute atomic E-state index is 11.5. The largest absolute Gasteiger partial charge is 0.371 e. The van der Waals surface area contributed by atoms with E-state index in [2.05, 4.69) is 22.8 Å². The summed E-state index contributed by atoms with van der Waals surface area (Å²) < 4.78 is 0.467. The number of anilines is 1. The Morgan fingerprint density at radius 3 is 2.79 bits per heavy atom. The van der Waals surface area contributed by atoms with Crippen molar-refractivity contribution >= 4 is 35.1 Å². The third-order valence-corrected chi connectivity index (χ3v) is 2.97. The first kappa shape index (κ1) is 9.69. The molecule has 1 aromatic rings. The molecule has 1 atom stereocenters. The fourth-order valence-electron chi connectivity index (χ4n) is 1.23. The summed E-state index contributed by atoms with van der Waals surface area (Å²) in [5.41, 5.74) is 0. The number of hydrogen-bond acceptors (Lipinski definition) is 6. The number of aliphatic hydroxyl groups excluding tert-OH is 1. The summed E-state index contributed by atoms with van der Waals surface area (Å²) in [7, 11) is 1.62. The lowest BCUT2D eigenvalue weighted by atomic mass is 10.5. The fraction of sp³-hybridized carbons (Fsp3) is 0.500. The molecule has 0 aliphatic carbocycles. The highest BCUT2D eigenvalue weighted by Gasteiger charge is 2.36. The maximum atomic E-state index is 11.5. The molecule has 1 saturated heterocycles. The van der Waals surface area contributed by atoms with Crippen LogP contribution in [0.25, 0.3) is 0 Å². The fourth-order valence-corrected chi connectivity index (χ4v) is 2.15. The summed E-state index contributed by atoms with van der Waals surface area (Å²) in [6, 6.07) is -0.276. The van der Waals surface area contributed by atoms with Crippen LogP contribution in [0.4, 0.5) is 9.93 Å². The highest BCUT2D eigenvalue weighted by molar-refractivity contribution is 7.82. The number of likely N-dealkylation sites (N-methyl/N-ethyl adjacent to an activating group) is 1. The van der Waals surface area contributed by atoms with Crippen molar-refractivity contribution < 1.29 is 9.90 Å². The molecule has 6 nitrogen and oxygen atoms in total. The third-order valence-electron chi connectivity index (χ3n) is 1.88. The predicted molar refractivity (Wildman–Crippen MR) is 53.7 cm³/mol. The van der Waals surface area contributed by atoms with Crippen molar-refractivity contribution in [3.05, 3.63) is 0 Å². The van der Waals surface area contributed by atoms with Gasteiger partial charge in [-0.3, -0.25) is 0 Å². The van der Waals surface area contributed by atoms with Crippen LogP contribution in [0.1, 0.15) is 0 Å². The van der Waals surface area contributed by atoms with E-state index in [0.29, 0.717) is 9.47 Å². The minimum Gasteiger partial charge on any atom is -0.371 e. The van der Waals surface area contributed by atoms with Gasteiger partial charge in [-0.25, -0.2) is 9.69 Å². The molecule has 1 N–H and O–H groups in total. The lowest BCUT2D eigenvalue weighted by Gasteiger charge is -2.13. The van der Waals surface area contributed by atoms with E-state index in [1.54, 1.807) is 7.05 Å². The van der Waals surface area contributed by atoms with Crippen LogP contribution in [-0.2, 0) is 0 Å². The molecule has 1 unspecified atom stereocenters. The first-order valence-corrected chi connectivity index (χ1v) is 5.11. The normalized spacial score (nSPS) is 22.2. The average Bonchev–Trinajstić information content (AvgIpc) is 2.60. The number of rotatable bonds is 1. The van der Waals surface area contributed by atoms with Crippen molar-refractivity contribution in [2.45, 2.75) is 10.6 Å². The van der Waals surface area contributed by atoms with E-state index in [0.717, 1.165) is 11.3 Å². The van der Waals surface area contributed by atoms with E-state index in [-0.39, 0.29) is 12.6 Å². The number of aromatic nitrogens is 2. The van der Waals surface area contributed by atoms with Gasteiger partial charge >= 0.3 is 6.03 Å². The number of nitrogens with zero attached hydrogens (tertiary/aromatic N) is 4. The van der Waals surface area contributed by atoms with E-state index < -0.39 is 6.23 Å². The van der Waals surface area contributed by atoms with Crippen molar-refractivity contribution in [3.8, 4) is 0 Å². The molecule has 8 heteroatoms. The second-order valence-corrected chi connectivity index (χ2v) is 4.56. The van der Waals surface area contributed by atoms with Crippen molar-refractivity contribution in [2.24, 2.45) is 0 Å². The van der Waals surface area contributed by atoms with Crippen LogP contribution >= 0.6 is 24.0 Å². The molecular formula is C6H8N4O2S2. The van der Waals surface area contributed by atoms with E-state index in [1.165, 1.54) is 9.80 Å². The number of carbonyl (C=O) groups is 1. The molecule has 0 aromatic carbocycles. The van der Waals surface area contributed by atoms with E-state index in [9.17, 15) is 9.90 Å². The summed E-state index contributed by atoms with van der Waals surface area (Å²) in [5.74, 6) is 0. The molecule has 0 spiro atoms. The van der Waals surface area contributed by atoms with Crippen LogP contribution in [0.15, 0.2) is 4.34 Å². The van der Waals surface area contributed by atoms with E-state index >= 15 is 0 Å². The Bertz CT molecular complexity index is 368. The van der Waals surface area contributed by atoms with Gasteiger partial charge in [0.25, 0.3) is 0 Å². The average molecular weight is 232 g/mol. The first-order valence-electron chi connectivity index (χ1n) is 3.84. The number of hydrogen-bond donors (Lipinski definition) is 2. The second-order valence-electron chi connectivity index (χ2n) is 2.88. The van der Waals surface area contributed by atoms with Gasteiger partial charge in [-0.1, -0.05) is 11.3 Å². The smallest absolute Gasteiger partial charge is 0.328 e. The molecule has 1 aliphatic rings. The van der Waals surface area contributed by atoms with Gasteiger partial charge < -0.3 is 10.0 Å². The lowest BCUT2D eigenvalue weighted by Crippen LogP contribution is -2.34. The Morgan fingerprint density at radius 1 is 1.64 bits per heavy atom.